The van der Waals surface area contributed by atoms with E-state index in [1.165, 1.54) is 0 Å². The molecule has 2 bridgehead atoms. The molecule has 148 valence electrons. The minimum absolute atomic E-state index is 0.0838. The minimum Gasteiger partial charge on any atom is -0.507 e. The first kappa shape index (κ1) is 17.9. The molecule has 1 aromatic carbocycles. The summed E-state index contributed by atoms with van der Waals surface area (Å²) in [5.74, 6) is 0.441. The van der Waals surface area contributed by atoms with Crippen LogP contribution in [-0.2, 0) is 0 Å². The predicted molar refractivity (Wildman–Crippen MR) is 108 cm³/mol. The molecular formula is C21H21FN6O. The molecule has 3 aromatic rings. The number of nitrogens with zero attached hydrogens (tertiary/aromatic N) is 5. The largest absolute Gasteiger partial charge is 0.507 e. The summed E-state index contributed by atoms with van der Waals surface area (Å²) in [7, 11) is 1.79. The van der Waals surface area contributed by atoms with Crippen molar-refractivity contribution in [1.82, 2.24) is 25.5 Å². The Balaban J connectivity index is 1.43. The highest BCUT2D eigenvalue weighted by molar-refractivity contribution is 5.89. The topological polar surface area (TPSA) is 87.1 Å². The molecule has 2 aromatic heterocycles. The smallest absolute Gasteiger partial charge is 0.245 e. The Labute approximate surface area is 167 Å². The van der Waals surface area contributed by atoms with Crippen molar-refractivity contribution in [2.45, 2.75) is 37.1 Å². The Morgan fingerprint density at radius 1 is 1.24 bits per heavy atom. The Morgan fingerprint density at radius 2 is 2.10 bits per heavy atom. The molecule has 1 unspecified atom stereocenters. The Morgan fingerprint density at radius 3 is 2.90 bits per heavy atom. The van der Waals surface area contributed by atoms with Gasteiger partial charge in [-0.05, 0) is 36.9 Å². The van der Waals surface area contributed by atoms with E-state index in [0.29, 0.717) is 23.6 Å². The third kappa shape index (κ3) is 2.91. The highest BCUT2D eigenvalue weighted by Crippen LogP contribution is 2.36. The van der Waals surface area contributed by atoms with E-state index in [1.807, 2.05) is 31.2 Å². The van der Waals surface area contributed by atoms with E-state index in [4.69, 9.17) is 0 Å². The summed E-state index contributed by atoms with van der Waals surface area (Å²) >= 11 is 0. The van der Waals surface area contributed by atoms with Gasteiger partial charge in [-0.15, -0.1) is 10.2 Å². The Hall–Kier alpha value is -3.13. The molecule has 0 spiro atoms. The van der Waals surface area contributed by atoms with Gasteiger partial charge in [0.2, 0.25) is 5.95 Å². The van der Waals surface area contributed by atoms with Crippen molar-refractivity contribution in [1.29, 1.82) is 0 Å². The van der Waals surface area contributed by atoms with Crippen LogP contribution in [0.25, 0.3) is 22.0 Å². The number of pyridine rings is 1. The Kier molecular flexibility index (Phi) is 3.99. The van der Waals surface area contributed by atoms with E-state index in [0.717, 1.165) is 10.8 Å². The van der Waals surface area contributed by atoms with Gasteiger partial charge in [0.15, 0.2) is 0 Å². The maximum Gasteiger partial charge on any atom is 0.245 e. The fraction of sp³-hybridized carbons (Fsp3) is 0.333. The van der Waals surface area contributed by atoms with Gasteiger partial charge in [-0.1, -0.05) is 12.2 Å². The van der Waals surface area contributed by atoms with E-state index < -0.39 is 11.7 Å². The number of hydrogen-bond donors (Lipinski definition) is 2. The van der Waals surface area contributed by atoms with Gasteiger partial charge < -0.3 is 10.0 Å². The number of hydrogen-bond acceptors (Lipinski definition) is 7. The summed E-state index contributed by atoms with van der Waals surface area (Å²) in [6.07, 6.45) is 8.43. The van der Waals surface area contributed by atoms with E-state index in [2.05, 4.69) is 25.5 Å². The first-order valence-corrected chi connectivity index (χ1v) is 9.55. The lowest BCUT2D eigenvalue weighted by molar-refractivity contribution is 0.128. The molecule has 8 heteroatoms. The number of benzene rings is 1. The van der Waals surface area contributed by atoms with E-state index in [1.54, 1.807) is 36.6 Å². The molecule has 2 N–H and O–H groups in total. The number of fused-ring (bicyclic) bond motifs is 3. The molecule has 2 aliphatic rings. The third-order valence-corrected chi connectivity index (χ3v) is 5.97. The number of phenols is 1. The number of aromatic nitrogens is 4. The van der Waals surface area contributed by atoms with Crippen molar-refractivity contribution in [2.75, 3.05) is 11.9 Å². The van der Waals surface area contributed by atoms with Gasteiger partial charge in [-0.3, -0.25) is 10.3 Å². The predicted octanol–water partition coefficient (Wildman–Crippen LogP) is 2.63. The number of rotatable bonds is 3. The number of nitrogens with one attached hydrogen (secondary N) is 1. The second-order valence-corrected chi connectivity index (χ2v) is 7.94. The summed E-state index contributed by atoms with van der Waals surface area (Å²) in [5.41, 5.74) is 0.327. The van der Waals surface area contributed by atoms with Crippen LogP contribution in [0.15, 0.2) is 48.9 Å². The van der Waals surface area contributed by atoms with Gasteiger partial charge in [0.1, 0.15) is 17.6 Å². The second-order valence-electron chi connectivity index (χ2n) is 7.94. The molecular weight excluding hydrogens is 371 g/mol. The highest BCUT2D eigenvalue weighted by Gasteiger charge is 2.49. The zero-order chi connectivity index (χ0) is 20.2. The number of anilines is 1. The lowest BCUT2D eigenvalue weighted by Crippen LogP contribution is -2.62. The van der Waals surface area contributed by atoms with E-state index in [9.17, 15) is 5.11 Å². The van der Waals surface area contributed by atoms with Gasteiger partial charge in [-0.2, -0.15) is 0 Å². The van der Waals surface area contributed by atoms with Crippen molar-refractivity contribution < 1.29 is 9.50 Å². The van der Waals surface area contributed by atoms with E-state index in [-0.39, 0.29) is 17.8 Å². The maximum atomic E-state index is 15.1. The second kappa shape index (κ2) is 6.45. The average Bonchev–Trinajstić information content (AvgIpc) is 3.07. The Bertz CT molecular complexity index is 1100. The van der Waals surface area contributed by atoms with Crippen molar-refractivity contribution in [3.8, 4) is 17.0 Å². The lowest BCUT2D eigenvalue weighted by atomic mass is 9.86. The van der Waals surface area contributed by atoms with Crippen LogP contribution < -0.4 is 10.2 Å². The molecule has 1 fully saturated rings. The fourth-order valence-electron chi connectivity index (χ4n) is 4.29. The van der Waals surface area contributed by atoms with Crippen LogP contribution in [0.3, 0.4) is 0 Å². The zero-order valence-electron chi connectivity index (χ0n) is 16.1. The molecule has 7 nitrogen and oxygen atoms in total. The molecule has 4 heterocycles. The lowest BCUT2D eigenvalue weighted by Gasteiger charge is -2.43. The normalized spacial score (nSPS) is 28.0. The zero-order valence-corrected chi connectivity index (χ0v) is 16.1. The van der Waals surface area contributed by atoms with Gasteiger partial charge in [0.05, 0.1) is 17.8 Å². The molecule has 0 radical (unpaired) electrons. The molecule has 0 saturated carbocycles. The van der Waals surface area contributed by atoms with Crippen molar-refractivity contribution in [3.05, 3.63) is 48.9 Å². The van der Waals surface area contributed by atoms with Gasteiger partial charge in [-0.25, -0.2) is 9.37 Å². The van der Waals surface area contributed by atoms with Crippen LogP contribution in [0.1, 0.15) is 13.3 Å². The van der Waals surface area contributed by atoms with Crippen molar-refractivity contribution in [3.63, 3.8) is 0 Å². The SMILES string of the molecule is CN(c1ncc(-c2cc3ccncc3cc2O)nn1)[C@H]1CC2C=C[C@@](C)(N2)[C@@H]1F. The van der Waals surface area contributed by atoms with Crippen LogP contribution in [0.4, 0.5) is 10.3 Å². The summed E-state index contributed by atoms with van der Waals surface area (Å²) in [4.78, 5) is 10.2. The van der Waals surface area contributed by atoms with Crippen LogP contribution in [0.5, 0.6) is 5.75 Å². The maximum absolute atomic E-state index is 15.1. The van der Waals surface area contributed by atoms with Crippen LogP contribution in [0.2, 0.25) is 0 Å². The number of phenolic OH excluding ortho intramolecular Hbond substituents is 1. The van der Waals surface area contributed by atoms with Gasteiger partial charge in [0, 0.05) is 36.4 Å². The van der Waals surface area contributed by atoms with Gasteiger partial charge in [0.25, 0.3) is 0 Å². The number of halogens is 1. The molecule has 0 aliphatic carbocycles. The molecule has 1 saturated heterocycles. The summed E-state index contributed by atoms with van der Waals surface area (Å²) in [5, 5.41) is 23.9. The fourth-order valence-corrected chi connectivity index (χ4v) is 4.29. The summed E-state index contributed by atoms with van der Waals surface area (Å²) in [6, 6.07) is 5.13. The summed E-state index contributed by atoms with van der Waals surface area (Å²) < 4.78 is 15.1. The van der Waals surface area contributed by atoms with Crippen LogP contribution in [0, 0.1) is 0 Å². The third-order valence-electron chi connectivity index (χ3n) is 5.97. The van der Waals surface area contributed by atoms with Crippen molar-refractivity contribution in [2.24, 2.45) is 0 Å². The number of aromatic hydroxyl groups is 1. The molecule has 4 atom stereocenters. The molecule has 29 heavy (non-hydrogen) atoms. The molecule has 0 amide bonds. The molecule has 2 aliphatic heterocycles. The van der Waals surface area contributed by atoms with E-state index >= 15 is 4.39 Å². The summed E-state index contributed by atoms with van der Waals surface area (Å²) in [6.45, 7) is 1.87. The van der Waals surface area contributed by atoms with Crippen LogP contribution >= 0.6 is 0 Å². The van der Waals surface area contributed by atoms with Gasteiger partial charge >= 0.3 is 0 Å². The first-order valence-electron chi connectivity index (χ1n) is 9.55. The minimum atomic E-state index is -1.09. The standard InChI is InChI=1S/C21H21FN6O/c1-21-5-3-14(25-21)9-17(19(21)22)28(2)20-24-11-16(26-27-20)15-7-12-4-6-23-10-13(12)8-18(15)29/h3-8,10-11,14,17,19,25,29H,9H2,1-2H3/t14?,17-,19+,21+/m0/s1. The number of alkyl halides is 1. The number of piperidine rings is 1. The first-order chi connectivity index (χ1) is 13.9. The highest BCUT2D eigenvalue weighted by atomic mass is 19.1. The van der Waals surface area contributed by atoms with Crippen molar-refractivity contribution >= 4 is 16.7 Å². The average molecular weight is 392 g/mol. The quantitative estimate of drug-likeness (QED) is 0.663. The van der Waals surface area contributed by atoms with Crippen LogP contribution in [-0.4, -0.2) is 56.1 Å². The monoisotopic (exact) mass is 392 g/mol. The molecule has 5 rings (SSSR count).